The van der Waals surface area contributed by atoms with Crippen LogP contribution in [0.1, 0.15) is 57.9 Å². The normalized spacial score (nSPS) is 34.9. The minimum Gasteiger partial charge on any atom is -0.444 e. The molecule has 2 aromatic heterocycles. The lowest BCUT2D eigenvalue weighted by atomic mass is 9.98. The fraction of sp³-hybridized carbons (Fsp3) is 0.556. The summed E-state index contributed by atoms with van der Waals surface area (Å²) in [7, 11) is 0. The SMILES string of the molecule is [2H]C1([2H])N(C(=O)OC(C)(C)C)[C@]([2H])(Cc2cn3cc(Cl)cc(Cl)c3n2)C([2H])([2H])C([2H])([2H])C1([2H])[2H]. The third-order valence-electron chi connectivity index (χ3n) is 3.15. The zero-order valence-electron chi connectivity index (χ0n) is 22.9. The van der Waals surface area contributed by atoms with Crippen LogP contribution in [0.15, 0.2) is 18.5 Å². The van der Waals surface area contributed by atoms with Crippen LogP contribution in [0.3, 0.4) is 0 Å². The van der Waals surface area contributed by atoms with Crippen molar-refractivity contribution < 1.29 is 21.9 Å². The van der Waals surface area contributed by atoms with E-state index in [1.54, 1.807) is 0 Å². The number of hydrogen-bond donors (Lipinski definition) is 0. The zero-order chi connectivity index (χ0) is 26.3. The first kappa shape index (κ1) is 10.0. The van der Waals surface area contributed by atoms with Crippen LogP contribution in [0.4, 0.5) is 4.79 Å². The number of piperidine rings is 1. The molecule has 1 amide bonds. The van der Waals surface area contributed by atoms with Gasteiger partial charge in [-0.15, -0.1) is 0 Å². The molecular formula is C18H23Cl2N3O2. The Morgan fingerprint density at radius 2 is 2.20 bits per heavy atom. The Hall–Kier alpha value is -1.46. The van der Waals surface area contributed by atoms with Crippen molar-refractivity contribution >= 4 is 34.9 Å². The van der Waals surface area contributed by atoms with E-state index in [-0.39, 0.29) is 26.3 Å². The molecule has 0 N–H and O–H groups in total. The van der Waals surface area contributed by atoms with Gasteiger partial charge in [0.25, 0.3) is 0 Å². The number of ether oxygens (including phenoxy) is 1. The number of aromatic nitrogens is 2. The molecule has 0 aromatic carbocycles. The van der Waals surface area contributed by atoms with Crippen molar-refractivity contribution in [2.45, 2.75) is 57.9 Å². The Morgan fingerprint density at radius 3 is 2.92 bits per heavy atom. The topological polar surface area (TPSA) is 46.8 Å². The second-order valence-corrected chi connectivity index (χ2v) is 7.24. The summed E-state index contributed by atoms with van der Waals surface area (Å²) in [6.07, 6.45) is -10.1. The van der Waals surface area contributed by atoms with Crippen molar-refractivity contribution in [2.75, 3.05) is 6.50 Å². The van der Waals surface area contributed by atoms with E-state index in [0.717, 1.165) is 0 Å². The smallest absolute Gasteiger partial charge is 0.410 e. The van der Waals surface area contributed by atoms with Gasteiger partial charge in [-0.3, -0.25) is 0 Å². The van der Waals surface area contributed by atoms with Crippen LogP contribution in [0.25, 0.3) is 5.65 Å². The predicted molar refractivity (Wildman–Crippen MR) is 99.5 cm³/mol. The molecule has 1 atom stereocenters. The largest absolute Gasteiger partial charge is 0.444 e. The lowest BCUT2D eigenvalue weighted by Crippen LogP contribution is -2.47. The molecule has 3 heterocycles. The van der Waals surface area contributed by atoms with Crippen LogP contribution in [-0.2, 0) is 11.2 Å². The van der Waals surface area contributed by atoms with Gasteiger partial charge in [-0.2, -0.15) is 0 Å². The number of imidazole rings is 1. The lowest BCUT2D eigenvalue weighted by molar-refractivity contribution is 0.00986. The minimum absolute atomic E-state index is 0.00514. The van der Waals surface area contributed by atoms with Gasteiger partial charge in [0.05, 0.1) is 17.1 Å². The second kappa shape index (κ2) is 7.04. The fourth-order valence-electron chi connectivity index (χ4n) is 2.23. The van der Waals surface area contributed by atoms with Crippen molar-refractivity contribution in [3.05, 3.63) is 34.2 Å². The maximum absolute atomic E-state index is 13.1. The minimum atomic E-state index is -3.55. The maximum atomic E-state index is 13.1. The van der Waals surface area contributed by atoms with E-state index in [4.69, 9.17) is 40.3 Å². The van der Waals surface area contributed by atoms with Gasteiger partial charge in [0.15, 0.2) is 5.65 Å². The van der Waals surface area contributed by atoms with E-state index >= 15 is 0 Å². The first-order chi connectivity index (χ1) is 15.1. The molecule has 5 nitrogen and oxygen atoms in total. The van der Waals surface area contributed by atoms with E-state index < -0.39 is 49.7 Å². The highest BCUT2D eigenvalue weighted by atomic mass is 35.5. The van der Waals surface area contributed by atoms with E-state index in [0.29, 0.717) is 0 Å². The summed E-state index contributed by atoms with van der Waals surface area (Å²) in [4.78, 5) is 17.3. The van der Waals surface area contributed by atoms with Gasteiger partial charge in [-0.25, -0.2) is 9.78 Å². The average molecular weight is 393 g/mol. The molecule has 1 aliphatic rings. The molecule has 7 heteroatoms. The number of likely N-dealkylation sites (tertiary alicyclic amines) is 1. The van der Waals surface area contributed by atoms with Crippen molar-refractivity contribution in [1.29, 1.82) is 0 Å². The van der Waals surface area contributed by atoms with E-state index in [1.807, 2.05) is 0 Å². The Bertz CT molecular complexity index is 1150. The molecule has 25 heavy (non-hydrogen) atoms. The van der Waals surface area contributed by atoms with Crippen molar-refractivity contribution in [2.24, 2.45) is 0 Å². The molecule has 136 valence electrons. The number of carbonyl (C=O) groups is 1. The van der Waals surface area contributed by atoms with E-state index in [2.05, 4.69) is 4.98 Å². The molecule has 0 aliphatic carbocycles. The van der Waals surface area contributed by atoms with Crippen LogP contribution < -0.4 is 0 Å². The number of pyridine rings is 1. The maximum Gasteiger partial charge on any atom is 0.410 e. The molecule has 0 unspecified atom stereocenters. The highest BCUT2D eigenvalue weighted by molar-refractivity contribution is 6.36. The quantitative estimate of drug-likeness (QED) is 0.724. The van der Waals surface area contributed by atoms with Crippen molar-refractivity contribution in [1.82, 2.24) is 14.3 Å². The van der Waals surface area contributed by atoms with Crippen LogP contribution in [0.2, 0.25) is 10.0 Å². The molecule has 0 radical (unpaired) electrons. The molecular weight excluding hydrogens is 361 g/mol. The number of amides is 1. The number of hydrogen-bond acceptors (Lipinski definition) is 3. The second-order valence-electron chi connectivity index (χ2n) is 6.40. The van der Waals surface area contributed by atoms with Crippen LogP contribution in [0.5, 0.6) is 0 Å². The molecule has 2 aromatic rings. The van der Waals surface area contributed by atoms with Gasteiger partial charge < -0.3 is 14.0 Å². The summed E-state index contributed by atoms with van der Waals surface area (Å²) in [6, 6.07) is -1.62. The summed E-state index contributed by atoms with van der Waals surface area (Å²) >= 11 is 12.1. The van der Waals surface area contributed by atoms with Crippen LogP contribution in [0, 0.1) is 0 Å². The molecule has 0 saturated carbocycles. The molecule has 1 saturated heterocycles. The molecule has 1 fully saturated rings. The van der Waals surface area contributed by atoms with Gasteiger partial charge in [0, 0.05) is 42.3 Å². The highest BCUT2D eigenvalue weighted by Gasteiger charge is 2.31. The lowest BCUT2D eigenvalue weighted by Gasteiger charge is -2.36. The van der Waals surface area contributed by atoms with E-state index in [1.165, 1.54) is 43.6 Å². The molecule has 1 aliphatic heterocycles. The first-order valence-corrected chi connectivity index (χ1v) is 8.22. The van der Waals surface area contributed by atoms with Gasteiger partial charge in [-0.1, -0.05) is 23.2 Å². The number of fused-ring (bicyclic) bond motifs is 1. The number of rotatable bonds is 2. The number of halogens is 2. The monoisotopic (exact) mass is 392 g/mol. The molecule has 0 bridgehead atoms. The summed E-state index contributed by atoms with van der Waals surface area (Å²) < 4.78 is 82.0. The summed E-state index contributed by atoms with van der Waals surface area (Å²) in [5, 5.41) is 0.390. The summed E-state index contributed by atoms with van der Waals surface area (Å²) in [5.41, 5.74) is -1.05. The Labute approximate surface area is 170 Å². The number of nitrogens with zero attached hydrogens (tertiary/aromatic N) is 3. The summed E-state index contributed by atoms with van der Waals surface area (Å²) in [6.45, 7) is 0.914. The average Bonchev–Trinajstić information content (AvgIpc) is 3.00. The van der Waals surface area contributed by atoms with Crippen LogP contribution >= 0.6 is 23.2 Å². The van der Waals surface area contributed by atoms with Gasteiger partial charge in [-0.05, 0) is 46.0 Å². The van der Waals surface area contributed by atoms with Crippen LogP contribution in [-0.4, -0.2) is 38.5 Å². The summed E-state index contributed by atoms with van der Waals surface area (Å²) in [5.74, 6) is 0. The standard InChI is InChI=1S/C18H23Cl2N3O2/c1-18(2,3)25-17(24)23-7-5-4-6-14(23)9-13-11-22-10-12(19)8-15(20)16(22)21-13/h8,10-11,14H,4-7,9H2,1-3H3/t14-/m0/s1/i4D2,5D2,6D2,7D2,14D. The third-order valence-corrected chi connectivity index (χ3v) is 3.64. The third kappa shape index (κ3) is 4.39. The Kier molecular flexibility index (Phi) is 2.82. The van der Waals surface area contributed by atoms with Gasteiger partial charge >= 0.3 is 6.09 Å². The number of carbonyl (C=O) groups excluding carboxylic acids is 1. The Morgan fingerprint density at radius 1 is 1.44 bits per heavy atom. The first-order valence-electron chi connectivity index (χ1n) is 12.0. The van der Waals surface area contributed by atoms with Crippen molar-refractivity contribution in [3.63, 3.8) is 0 Å². The zero-order valence-corrected chi connectivity index (χ0v) is 15.4. The van der Waals surface area contributed by atoms with Gasteiger partial charge in [0.1, 0.15) is 5.60 Å². The fourth-order valence-corrected chi connectivity index (χ4v) is 2.76. The van der Waals surface area contributed by atoms with E-state index in [9.17, 15) is 4.79 Å². The highest BCUT2D eigenvalue weighted by Crippen LogP contribution is 2.25. The van der Waals surface area contributed by atoms with Gasteiger partial charge in [0.2, 0.25) is 0 Å². The Balaban J connectivity index is 2.26. The molecule has 0 spiro atoms. The predicted octanol–water partition coefficient (Wildman–Crippen LogP) is 4.97. The van der Waals surface area contributed by atoms with Crippen molar-refractivity contribution in [3.8, 4) is 0 Å². The molecule has 3 rings (SSSR count).